The van der Waals surface area contributed by atoms with Crippen molar-refractivity contribution in [3.05, 3.63) is 261 Å². The number of para-hydroxylation sites is 3. The molecule has 11 aromatic carbocycles. The average Bonchev–Trinajstić information content (AvgIpc) is 4.08. The van der Waals surface area contributed by atoms with Gasteiger partial charge in [0.25, 0.3) is 0 Å². The zero-order valence-corrected chi connectivity index (χ0v) is 40.4. The molecule has 332 valence electrons. The summed E-state index contributed by atoms with van der Waals surface area (Å²) in [5, 5.41) is 13.1. The molecule has 15 rings (SSSR count). The van der Waals surface area contributed by atoms with E-state index in [1.54, 1.807) is 0 Å². The first-order valence-electron chi connectivity index (χ1n) is 24.4. The second-order valence-corrected chi connectivity index (χ2v) is 23.6. The molecule has 0 bridgehead atoms. The monoisotopic (exact) mass is 937 g/mol. The predicted octanol–water partition coefficient (Wildman–Crippen LogP) is 14.5. The van der Waals surface area contributed by atoms with Crippen LogP contribution in [0.15, 0.2) is 271 Å². The van der Waals surface area contributed by atoms with Crippen molar-refractivity contribution < 1.29 is 0 Å². The molecule has 5 heteroatoms. The van der Waals surface area contributed by atoms with Gasteiger partial charge < -0.3 is 13.7 Å². The van der Waals surface area contributed by atoms with Gasteiger partial charge in [0.2, 0.25) is 0 Å². The summed E-state index contributed by atoms with van der Waals surface area (Å²) in [6.07, 6.45) is 0. The molecule has 14 aromatic rings. The van der Waals surface area contributed by atoms with Crippen LogP contribution in [-0.2, 0) is 0 Å². The van der Waals surface area contributed by atoms with Crippen molar-refractivity contribution in [2.75, 3.05) is 0 Å². The summed E-state index contributed by atoms with van der Waals surface area (Å²) in [5.41, 5.74) is 13.0. The van der Waals surface area contributed by atoms with Crippen molar-refractivity contribution in [3.63, 3.8) is 0 Å². The normalized spacial score (nSPS) is 13.1. The van der Waals surface area contributed by atoms with Gasteiger partial charge in [-0.3, -0.25) is 0 Å². The zero-order valence-electron chi connectivity index (χ0n) is 38.6. The van der Waals surface area contributed by atoms with Crippen molar-refractivity contribution in [1.82, 2.24) is 13.7 Å². The van der Waals surface area contributed by atoms with Crippen molar-refractivity contribution in [3.8, 4) is 28.2 Å². The summed E-state index contributed by atoms with van der Waals surface area (Å²) in [6, 6.07) is 97.6. The van der Waals surface area contributed by atoms with Gasteiger partial charge in [-0.05, 0) is 117 Å². The topological polar surface area (TPSA) is 14.8 Å². The van der Waals surface area contributed by atoms with Gasteiger partial charge >= 0.3 is 0 Å². The molecule has 4 heterocycles. The van der Waals surface area contributed by atoms with Crippen LogP contribution in [-0.4, -0.2) is 21.8 Å². The second-order valence-electron chi connectivity index (χ2n) is 18.8. The van der Waals surface area contributed by atoms with Gasteiger partial charge in [0, 0.05) is 59.2 Å². The molecule has 71 heavy (non-hydrogen) atoms. The molecule has 0 amide bonds. The lowest BCUT2D eigenvalue weighted by Gasteiger charge is -2.39. The standard InChI is InChI=1S/C66H43N3SSi/c1-3-17-44(18-4-1)45-31-33-46(34-32-45)67-60-39-35-47(68-57-24-10-7-21-51(57)52-22-8-11-25-58(52)68)41-55(60)56-42-48(36-40-61(56)67)69-59-26-12-9-23-53(59)54-38-37-50(43-62(54)69)71(49-19-5-2-6-20-49)65-29-15-13-27-63(65)70-64-28-14-16-30-66(64)71/h1-43H. The lowest BCUT2D eigenvalue weighted by Crippen LogP contribution is -2.76. The van der Waals surface area contributed by atoms with Crippen LogP contribution < -0.4 is 20.7 Å². The van der Waals surface area contributed by atoms with Gasteiger partial charge in [0.1, 0.15) is 0 Å². The Labute approximate surface area is 416 Å². The van der Waals surface area contributed by atoms with Gasteiger partial charge in [-0.15, -0.1) is 0 Å². The van der Waals surface area contributed by atoms with Crippen LogP contribution in [0.5, 0.6) is 0 Å². The lowest BCUT2D eigenvalue weighted by atomic mass is 10.1. The molecule has 3 nitrogen and oxygen atoms in total. The largest absolute Gasteiger partial charge is 0.309 e. The highest BCUT2D eigenvalue weighted by molar-refractivity contribution is 8.00. The molecule has 0 radical (unpaired) electrons. The SMILES string of the molecule is c1ccc(-c2ccc(-n3c4ccc(-n5c6ccccc6c6ccccc65)cc4c4cc(-n5c6ccccc6c6ccc([Si]7(c8ccccc8)c8ccccc8Sc8ccccc87)cc65)ccc43)cc2)cc1. The number of benzene rings is 11. The van der Waals surface area contributed by atoms with Gasteiger partial charge in [-0.25, -0.2) is 0 Å². The Balaban J connectivity index is 1.000. The number of rotatable bonds is 6. The van der Waals surface area contributed by atoms with E-state index in [4.69, 9.17) is 0 Å². The van der Waals surface area contributed by atoms with Crippen molar-refractivity contribution in [2.45, 2.75) is 9.79 Å². The van der Waals surface area contributed by atoms with E-state index >= 15 is 0 Å². The first-order valence-corrected chi connectivity index (χ1v) is 27.2. The van der Waals surface area contributed by atoms with Gasteiger partial charge in [0.15, 0.2) is 8.07 Å². The van der Waals surface area contributed by atoms with Crippen LogP contribution in [0.25, 0.3) is 93.6 Å². The highest BCUT2D eigenvalue weighted by atomic mass is 32.2. The minimum atomic E-state index is -2.82. The minimum absolute atomic E-state index is 1.13. The van der Waals surface area contributed by atoms with Crippen molar-refractivity contribution in [2.24, 2.45) is 0 Å². The lowest BCUT2D eigenvalue weighted by molar-refractivity contribution is 1.16. The average molecular weight is 938 g/mol. The second kappa shape index (κ2) is 15.7. The fourth-order valence-electron chi connectivity index (χ4n) is 12.1. The molecular formula is C66H43N3SSi. The Hall–Kier alpha value is -8.61. The third-order valence-electron chi connectivity index (χ3n) is 15.2. The molecule has 0 saturated heterocycles. The number of nitrogens with zero attached hydrogens (tertiary/aromatic N) is 3. The summed E-state index contributed by atoms with van der Waals surface area (Å²) in [6.45, 7) is 0. The van der Waals surface area contributed by atoms with E-state index in [0.29, 0.717) is 0 Å². The maximum absolute atomic E-state index is 2.82. The van der Waals surface area contributed by atoms with Crippen molar-refractivity contribution in [1.29, 1.82) is 0 Å². The first kappa shape index (κ1) is 40.3. The Bertz CT molecular complexity index is 4330. The van der Waals surface area contributed by atoms with E-state index in [9.17, 15) is 0 Å². The third-order valence-corrected chi connectivity index (χ3v) is 21.6. The van der Waals surface area contributed by atoms with Crippen LogP contribution >= 0.6 is 11.8 Å². The fourth-order valence-corrected chi connectivity index (χ4v) is 19.1. The van der Waals surface area contributed by atoms with Crippen LogP contribution in [0.2, 0.25) is 0 Å². The summed E-state index contributed by atoms with van der Waals surface area (Å²) in [5.74, 6) is 0. The molecule has 0 spiro atoms. The van der Waals surface area contributed by atoms with E-state index in [1.165, 1.54) is 107 Å². The molecule has 0 unspecified atom stereocenters. The maximum atomic E-state index is 2.56. The van der Waals surface area contributed by atoms with Crippen LogP contribution in [0.1, 0.15) is 0 Å². The van der Waals surface area contributed by atoms with E-state index < -0.39 is 8.07 Å². The van der Waals surface area contributed by atoms with Gasteiger partial charge in [-0.1, -0.05) is 188 Å². The maximum Gasteiger partial charge on any atom is 0.181 e. The number of hydrogen-bond acceptors (Lipinski definition) is 1. The predicted molar refractivity (Wildman–Crippen MR) is 303 cm³/mol. The first-order chi connectivity index (χ1) is 35.2. The molecule has 0 N–H and O–H groups in total. The highest BCUT2D eigenvalue weighted by Gasteiger charge is 2.47. The van der Waals surface area contributed by atoms with E-state index in [1.807, 2.05) is 11.8 Å². The third kappa shape index (κ3) is 5.91. The summed E-state index contributed by atoms with van der Waals surface area (Å²) in [7, 11) is -2.82. The minimum Gasteiger partial charge on any atom is -0.309 e. The number of hydrogen-bond donors (Lipinski definition) is 0. The highest BCUT2D eigenvalue weighted by Crippen LogP contribution is 2.41. The Kier molecular flexibility index (Phi) is 8.91. The molecule has 0 saturated carbocycles. The number of fused-ring (bicyclic) bond motifs is 11. The Morgan fingerprint density at radius 1 is 0.254 bits per heavy atom. The van der Waals surface area contributed by atoms with Crippen LogP contribution in [0.3, 0.4) is 0 Å². The molecule has 3 aromatic heterocycles. The van der Waals surface area contributed by atoms with Crippen molar-refractivity contribution >= 4 is 106 Å². The molecule has 0 fully saturated rings. The van der Waals surface area contributed by atoms with E-state index in [2.05, 4.69) is 275 Å². The smallest absolute Gasteiger partial charge is 0.181 e. The molecule has 0 aliphatic carbocycles. The van der Waals surface area contributed by atoms with Crippen LogP contribution in [0.4, 0.5) is 0 Å². The van der Waals surface area contributed by atoms with E-state index in [-0.39, 0.29) is 0 Å². The Morgan fingerprint density at radius 3 is 1.23 bits per heavy atom. The van der Waals surface area contributed by atoms with E-state index in [0.717, 1.165) is 17.1 Å². The number of aromatic nitrogens is 3. The van der Waals surface area contributed by atoms with Gasteiger partial charge in [0.05, 0.1) is 33.1 Å². The van der Waals surface area contributed by atoms with Crippen LogP contribution in [0, 0.1) is 0 Å². The Morgan fingerprint density at radius 2 is 0.662 bits per heavy atom. The molecule has 0 atom stereocenters. The quantitative estimate of drug-likeness (QED) is 0.152. The van der Waals surface area contributed by atoms with Gasteiger partial charge in [-0.2, -0.15) is 0 Å². The summed E-state index contributed by atoms with van der Waals surface area (Å²) in [4.78, 5) is 2.69. The molecule has 1 aliphatic rings. The summed E-state index contributed by atoms with van der Waals surface area (Å²) < 4.78 is 7.42. The summed E-state index contributed by atoms with van der Waals surface area (Å²) >= 11 is 1.91. The fraction of sp³-hybridized carbons (Fsp3) is 0. The zero-order chi connectivity index (χ0) is 46.6. The molecular weight excluding hydrogens is 895 g/mol. The molecule has 1 aliphatic heterocycles.